The summed E-state index contributed by atoms with van der Waals surface area (Å²) in [6, 6.07) is 5.90. The predicted molar refractivity (Wildman–Crippen MR) is 88.2 cm³/mol. The molecule has 0 saturated carbocycles. The maximum Gasteiger partial charge on any atom is 0.270 e. The molecule has 0 aromatic carbocycles. The molecule has 122 valence electrons. The fraction of sp³-hybridized carbons (Fsp3) is 0.444. The number of ether oxygens (including phenoxy) is 1. The van der Waals surface area contributed by atoms with Crippen LogP contribution in [0.2, 0.25) is 0 Å². The van der Waals surface area contributed by atoms with Gasteiger partial charge < -0.3 is 14.6 Å². The molecule has 3 heterocycles. The lowest BCUT2D eigenvalue weighted by Gasteiger charge is -2.25. The van der Waals surface area contributed by atoms with Crippen molar-refractivity contribution in [2.24, 2.45) is 0 Å². The largest absolute Gasteiger partial charge is 0.376 e. The van der Waals surface area contributed by atoms with Gasteiger partial charge in [0.2, 0.25) is 0 Å². The van der Waals surface area contributed by atoms with Crippen molar-refractivity contribution in [1.29, 1.82) is 0 Å². The number of pyridine rings is 1. The van der Waals surface area contributed by atoms with Crippen LogP contribution in [0, 0.1) is 13.8 Å². The molecule has 0 bridgehead atoms. The van der Waals surface area contributed by atoms with E-state index in [4.69, 9.17) is 4.74 Å². The fourth-order valence-corrected chi connectivity index (χ4v) is 3.07. The van der Waals surface area contributed by atoms with Crippen LogP contribution in [-0.4, -0.2) is 40.0 Å². The van der Waals surface area contributed by atoms with Crippen molar-refractivity contribution in [2.45, 2.75) is 39.3 Å². The Morgan fingerprint density at radius 3 is 2.78 bits per heavy atom. The van der Waals surface area contributed by atoms with Crippen molar-refractivity contribution >= 4 is 5.91 Å². The Morgan fingerprint density at radius 2 is 2.17 bits per heavy atom. The van der Waals surface area contributed by atoms with E-state index >= 15 is 0 Å². The molecule has 1 aliphatic heterocycles. The Hall–Kier alpha value is -2.14. The summed E-state index contributed by atoms with van der Waals surface area (Å²) in [5, 5.41) is 0. The highest BCUT2D eigenvalue weighted by atomic mass is 16.5. The van der Waals surface area contributed by atoms with Crippen molar-refractivity contribution in [2.75, 3.05) is 13.2 Å². The molecule has 23 heavy (non-hydrogen) atoms. The minimum absolute atomic E-state index is 0.0305. The highest BCUT2D eigenvalue weighted by Gasteiger charge is 2.25. The Morgan fingerprint density at radius 1 is 1.39 bits per heavy atom. The molecule has 5 heteroatoms. The summed E-state index contributed by atoms with van der Waals surface area (Å²) in [6.07, 6.45) is 5.74. The molecular weight excluding hydrogens is 290 g/mol. The number of hydrogen-bond donors (Lipinski definition) is 1. The van der Waals surface area contributed by atoms with Gasteiger partial charge in [0.05, 0.1) is 6.10 Å². The summed E-state index contributed by atoms with van der Waals surface area (Å²) in [5.41, 5.74) is 3.74. The van der Waals surface area contributed by atoms with Gasteiger partial charge in [-0.1, -0.05) is 0 Å². The van der Waals surface area contributed by atoms with Crippen LogP contribution >= 0.6 is 0 Å². The number of aryl methyl sites for hydroxylation is 2. The number of nitrogens with zero attached hydrogens (tertiary/aromatic N) is 2. The molecule has 5 nitrogen and oxygen atoms in total. The zero-order valence-electron chi connectivity index (χ0n) is 13.7. The minimum atomic E-state index is 0.0305. The zero-order valence-corrected chi connectivity index (χ0v) is 13.7. The molecule has 1 amide bonds. The van der Waals surface area contributed by atoms with Crippen LogP contribution < -0.4 is 0 Å². The van der Waals surface area contributed by atoms with Crippen molar-refractivity contribution in [3.8, 4) is 0 Å². The summed E-state index contributed by atoms with van der Waals surface area (Å²) >= 11 is 0. The third-order valence-electron chi connectivity index (χ3n) is 4.22. The fourth-order valence-electron chi connectivity index (χ4n) is 3.07. The van der Waals surface area contributed by atoms with Crippen LogP contribution in [0.5, 0.6) is 0 Å². The highest BCUT2D eigenvalue weighted by molar-refractivity contribution is 5.94. The number of carbonyl (C=O) groups excluding carboxylic acids is 1. The number of rotatable bonds is 5. The molecule has 1 saturated heterocycles. The first-order valence-electron chi connectivity index (χ1n) is 8.09. The molecule has 0 unspecified atom stereocenters. The average Bonchev–Trinajstić information content (AvgIpc) is 3.16. The number of aromatic amines is 1. The molecule has 0 aliphatic carbocycles. The highest BCUT2D eigenvalue weighted by Crippen LogP contribution is 2.18. The van der Waals surface area contributed by atoms with Gasteiger partial charge >= 0.3 is 0 Å². The van der Waals surface area contributed by atoms with E-state index in [9.17, 15) is 4.79 Å². The van der Waals surface area contributed by atoms with Gasteiger partial charge in [-0.05, 0) is 56.0 Å². The van der Waals surface area contributed by atoms with Crippen molar-refractivity contribution in [3.05, 3.63) is 53.1 Å². The van der Waals surface area contributed by atoms with Crippen molar-refractivity contribution in [3.63, 3.8) is 0 Å². The summed E-state index contributed by atoms with van der Waals surface area (Å²) < 4.78 is 5.73. The lowest BCUT2D eigenvalue weighted by atomic mass is 10.1. The SMILES string of the molecule is Cc1cc(C)c(C(=O)N(Cc2ccncc2)C[C@H]2CCCO2)[nH]1. The van der Waals surface area contributed by atoms with Gasteiger partial charge in [-0.25, -0.2) is 0 Å². The predicted octanol–water partition coefficient (Wildman–Crippen LogP) is 2.85. The summed E-state index contributed by atoms with van der Waals surface area (Å²) in [5.74, 6) is 0.0305. The molecule has 0 radical (unpaired) electrons. The summed E-state index contributed by atoms with van der Waals surface area (Å²) in [4.78, 5) is 22.1. The number of hydrogen-bond acceptors (Lipinski definition) is 3. The van der Waals surface area contributed by atoms with Gasteiger partial charge in [-0.15, -0.1) is 0 Å². The molecule has 3 rings (SSSR count). The molecule has 0 spiro atoms. The molecule has 1 atom stereocenters. The normalized spacial score (nSPS) is 17.4. The third kappa shape index (κ3) is 3.79. The van der Waals surface area contributed by atoms with Gasteiger partial charge in [0, 0.05) is 37.8 Å². The van der Waals surface area contributed by atoms with Crippen LogP contribution in [0.25, 0.3) is 0 Å². The van der Waals surface area contributed by atoms with Crippen LogP contribution in [0.3, 0.4) is 0 Å². The van der Waals surface area contributed by atoms with Crippen LogP contribution in [0.15, 0.2) is 30.6 Å². The Labute approximate surface area is 136 Å². The van der Waals surface area contributed by atoms with Crippen LogP contribution in [0.4, 0.5) is 0 Å². The van der Waals surface area contributed by atoms with E-state index in [-0.39, 0.29) is 12.0 Å². The molecule has 1 fully saturated rings. The molecular formula is C18H23N3O2. The van der Waals surface area contributed by atoms with E-state index in [1.165, 1.54) is 0 Å². The van der Waals surface area contributed by atoms with E-state index in [0.717, 1.165) is 36.3 Å². The Kier molecular flexibility index (Phi) is 4.76. The smallest absolute Gasteiger partial charge is 0.270 e. The summed E-state index contributed by atoms with van der Waals surface area (Å²) in [6.45, 7) is 5.92. The first kappa shape index (κ1) is 15.7. The van der Waals surface area contributed by atoms with Crippen LogP contribution in [0.1, 0.15) is 40.2 Å². The lowest BCUT2D eigenvalue weighted by molar-refractivity contribution is 0.0502. The standard InChI is InChI=1S/C18H23N3O2/c1-13-10-14(2)20-17(13)18(22)21(12-16-4-3-9-23-16)11-15-5-7-19-8-6-15/h5-8,10,16,20H,3-4,9,11-12H2,1-2H3/t16-/m1/s1. The number of aromatic nitrogens is 2. The second kappa shape index (κ2) is 6.96. The first-order valence-corrected chi connectivity index (χ1v) is 8.09. The van der Waals surface area contributed by atoms with Gasteiger partial charge in [0.25, 0.3) is 5.91 Å². The molecule has 1 aliphatic rings. The van der Waals surface area contributed by atoms with Gasteiger partial charge in [0.1, 0.15) is 5.69 Å². The van der Waals surface area contributed by atoms with Gasteiger partial charge in [-0.2, -0.15) is 0 Å². The summed E-state index contributed by atoms with van der Waals surface area (Å²) in [7, 11) is 0. The lowest BCUT2D eigenvalue weighted by Crippen LogP contribution is -2.37. The minimum Gasteiger partial charge on any atom is -0.376 e. The topological polar surface area (TPSA) is 58.2 Å². The van der Waals surface area contributed by atoms with Crippen LogP contribution in [-0.2, 0) is 11.3 Å². The monoisotopic (exact) mass is 313 g/mol. The third-order valence-corrected chi connectivity index (χ3v) is 4.22. The second-order valence-corrected chi connectivity index (χ2v) is 6.19. The quantitative estimate of drug-likeness (QED) is 0.923. The first-order chi connectivity index (χ1) is 11.1. The molecule has 1 N–H and O–H groups in total. The van der Waals surface area contributed by atoms with E-state index in [1.54, 1.807) is 12.4 Å². The number of nitrogens with one attached hydrogen (secondary N) is 1. The van der Waals surface area contributed by atoms with E-state index in [1.807, 2.05) is 36.9 Å². The molecule has 2 aromatic heterocycles. The number of carbonyl (C=O) groups is 1. The average molecular weight is 313 g/mol. The second-order valence-electron chi connectivity index (χ2n) is 6.19. The molecule has 2 aromatic rings. The maximum absolute atomic E-state index is 13.0. The van der Waals surface area contributed by atoms with Gasteiger partial charge in [0.15, 0.2) is 0 Å². The van der Waals surface area contributed by atoms with Crippen molar-refractivity contribution < 1.29 is 9.53 Å². The van der Waals surface area contributed by atoms with E-state index < -0.39 is 0 Å². The Balaban J connectivity index is 1.81. The van der Waals surface area contributed by atoms with Gasteiger partial charge in [-0.3, -0.25) is 9.78 Å². The zero-order chi connectivity index (χ0) is 16.2. The maximum atomic E-state index is 13.0. The van der Waals surface area contributed by atoms with E-state index in [0.29, 0.717) is 18.8 Å². The Bertz CT molecular complexity index is 660. The number of amides is 1. The van der Waals surface area contributed by atoms with E-state index in [2.05, 4.69) is 9.97 Å². The van der Waals surface area contributed by atoms with Crippen molar-refractivity contribution in [1.82, 2.24) is 14.9 Å². The number of H-pyrrole nitrogens is 1.